The van der Waals surface area contributed by atoms with E-state index in [1.165, 1.54) is 30.5 Å². The molecule has 27 heavy (non-hydrogen) atoms. The van der Waals surface area contributed by atoms with Gasteiger partial charge in [0.2, 0.25) is 0 Å². The molecule has 0 atom stereocenters. The minimum atomic E-state index is -0.559. The zero-order valence-electron chi connectivity index (χ0n) is 15.3. The van der Waals surface area contributed by atoms with E-state index in [0.29, 0.717) is 23.7 Å². The van der Waals surface area contributed by atoms with Crippen LogP contribution in [0.3, 0.4) is 0 Å². The number of ether oxygens (including phenoxy) is 2. The van der Waals surface area contributed by atoms with E-state index in [9.17, 15) is 14.9 Å². The fraction of sp³-hybridized carbons (Fsp3) is 0.263. The molecule has 8 heteroatoms. The Bertz CT molecular complexity index is 849. The summed E-state index contributed by atoms with van der Waals surface area (Å²) in [7, 11) is 0. The first-order valence-electron chi connectivity index (χ1n) is 8.42. The molecule has 2 rings (SSSR count). The Kier molecular flexibility index (Phi) is 6.87. The lowest BCUT2D eigenvalue weighted by Gasteiger charge is -2.14. The number of benzene rings is 2. The molecule has 0 unspecified atom stereocenters. The van der Waals surface area contributed by atoms with Gasteiger partial charge in [-0.25, -0.2) is 5.43 Å². The van der Waals surface area contributed by atoms with Crippen molar-refractivity contribution in [3.63, 3.8) is 0 Å². The second-order valence-electron chi connectivity index (χ2n) is 5.81. The van der Waals surface area contributed by atoms with Crippen molar-refractivity contribution in [1.82, 2.24) is 5.43 Å². The number of nitro benzene ring substituents is 1. The number of hydrogen-bond donors (Lipinski definition) is 1. The van der Waals surface area contributed by atoms with Crippen LogP contribution in [0.5, 0.6) is 11.5 Å². The van der Waals surface area contributed by atoms with E-state index >= 15 is 0 Å². The summed E-state index contributed by atoms with van der Waals surface area (Å²) in [5.41, 5.74) is 3.04. The van der Waals surface area contributed by atoms with Crippen LogP contribution < -0.4 is 14.9 Å². The van der Waals surface area contributed by atoms with Crippen molar-refractivity contribution >= 4 is 17.8 Å². The highest BCUT2D eigenvalue weighted by Gasteiger charge is 2.11. The van der Waals surface area contributed by atoms with E-state index < -0.39 is 10.8 Å². The number of rotatable bonds is 8. The van der Waals surface area contributed by atoms with Crippen LogP contribution in [-0.4, -0.2) is 29.8 Å². The fourth-order valence-corrected chi connectivity index (χ4v) is 2.22. The van der Waals surface area contributed by atoms with Crippen LogP contribution >= 0.6 is 0 Å². The van der Waals surface area contributed by atoms with Crippen molar-refractivity contribution in [2.45, 2.75) is 26.9 Å². The average molecular weight is 371 g/mol. The molecular formula is C19H21N3O5. The summed E-state index contributed by atoms with van der Waals surface area (Å²) in [5, 5.41) is 14.7. The molecule has 2 aromatic carbocycles. The number of hydrazone groups is 1. The van der Waals surface area contributed by atoms with Gasteiger partial charge in [-0.1, -0.05) is 6.07 Å². The van der Waals surface area contributed by atoms with Crippen LogP contribution in [0.1, 0.15) is 36.7 Å². The zero-order valence-corrected chi connectivity index (χ0v) is 15.3. The van der Waals surface area contributed by atoms with Gasteiger partial charge in [-0.3, -0.25) is 14.9 Å². The molecule has 0 spiro atoms. The maximum absolute atomic E-state index is 12.1. The summed E-state index contributed by atoms with van der Waals surface area (Å²) in [6.45, 7) is 6.21. The van der Waals surface area contributed by atoms with Gasteiger partial charge >= 0.3 is 0 Å². The van der Waals surface area contributed by atoms with Crippen molar-refractivity contribution in [2.75, 3.05) is 6.61 Å². The molecule has 8 nitrogen and oxygen atoms in total. The third-order valence-corrected chi connectivity index (χ3v) is 3.33. The standard InChI is InChI=1S/C19H21N3O5/c1-4-26-18-10-14(8-9-17(18)27-13(2)3)12-20-21-19(23)15-6-5-7-16(11-15)22(24)25/h5-13H,4H2,1-3H3,(H,21,23)/b20-12+. The third-order valence-electron chi connectivity index (χ3n) is 3.33. The van der Waals surface area contributed by atoms with E-state index in [1.54, 1.807) is 18.2 Å². The molecule has 0 bridgehead atoms. The molecule has 142 valence electrons. The molecule has 1 amide bonds. The molecule has 0 aliphatic heterocycles. The van der Waals surface area contributed by atoms with Crippen LogP contribution in [0.15, 0.2) is 47.6 Å². The van der Waals surface area contributed by atoms with E-state index in [-0.39, 0.29) is 17.4 Å². The number of nitro groups is 1. The maximum Gasteiger partial charge on any atom is 0.271 e. The van der Waals surface area contributed by atoms with Crippen molar-refractivity contribution in [3.8, 4) is 11.5 Å². The molecule has 0 heterocycles. The largest absolute Gasteiger partial charge is 0.490 e. The lowest BCUT2D eigenvalue weighted by atomic mass is 10.2. The van der Waals surface area contributed by atoms with Crippen LogP contribution in [0.4, 0.5) is 5.69 Å². The summed E-state index contributed by atoms with van der Waals surface area (Å²) >= 11 is 0. The number of nitrogens with one attached hydrogen (secondary N) is 1. The lowest BCUT2D eigenvalue weighted by Crippen LogP contribution is -2.17. The molecule has 0 aromatic heterocycles. The predicted molar refractivity (Wildman–Crippen MR) is 102 cm³/mol. The number of carbonyl (C=O) groups excluding carboxylic acids is 1. The zero-order chi connectivity index (χ0) is 19.8. The van der Waals surface area contributed by atoms with Crippen LogP contribution in [-0.2, 0) is 0 Å². The second-order valence-corrected chi connectivity index (χ2v) is 5.81. The van der Waals surface area contributed by atoms with Gasteiger partial charge in [-0.15, -0.1) is 0 Å². The van der Waals surface area contributed by atoms with Gasteiger partial charge in [0.25, 0.3) is 11.6 Å². The van der Waals surface area contributed by atoms with Crippen LogP contribution in [0.25, 0.3) is 0 Å². The molecule has 0 fully saturated rings. The van der Waals surface area contributed by atoms with Gasteiger partial charge < -0.3 is 9.47 Å². The summed E-state index contributed by atoms with van der Waals surface area (Å²) in [5.74, 6) is 0.671. The summed E-state index contributed by atoms with van der Waals surface area (Å²) in [6.07, 6.45) is 1.47. The first-order valence-corrected chi connectivity index (χ1v) is 8.42. The van der Waals surface area contributed by atoms with Crippen molar-refractivity contribution in [2.24, 2.45) is 5.10 Å². The Labute approximate surface area is 157 Å². The monoisotopic (exact) mass is 371 g/mol. The molecule has 2 aromatic rings. The highest BCUT2D eigenvalue weighted by Crippen LogP contribution is 2.28. The van der Waals surface area contributed by atoms with E-state index in [2.05, 4.69) is 10.5 Å². The molecule has 0 radical (unpaired) electrons. The van der Waals surface area contributed by atoms with E-state index in [4.69, 9.17) is 9.47 Å². The number of non-ortho nitro benzene ring substituents is 1. The number of amides is 1. The second kappa shape index (κ2) is 9.33. The molecule has 1 N–H and O–H groups in total. The summed E-state index contributed by atoms with van der Waals surface area (Å²) in [6, 6.07) is 10.7. The van der Waals surface area contributed by atoms with Gasteiger partial charge in [-0.2, -0.15) is 5.10 Å². The summed E-state index contributed by atoms with van der Waals surface area (Å²) < 4.78 is 11.3. The Morgan fingerprint density at radius 3 is 2.70 bits per heavy atom. The molecule has 0 aliphatic rings. The van der Waals surface area contributed by atoms with Gasteiger partial charge in [0.15, 0.2) is 11.5 Å². The quantitative estimate of drug-likeness (QED) is 0.434. The Hall–Kier alpha value is -3.42. The van der Waals surface area contributed by atoms with Gasteiger partial charge in [0.05, 0.1) is 23.8 Å². The van der Waals surface area contributed by atoms with Crippen LogP contribution in [0, 0.1) is 10.1 Å². The van der Waals surface area contributed by atoms with Gasteiger partial charge in [0.1, 0.15) is 0 Å². The summed E-state index contributed by atoms with van der Waals surface area (Å²) in [4.78, 5) is 22.3. The topological polar surface area (TPSA) is 103 Å². The first kappa shape index (κ1) is 19.9. The molecule has 0 saturated heterocycles. The SMILES string of the molecule is CCOc1cc(/C=N/NC(=O)c2cccc([N+](=O)[O-])c2)ccc1OC(C)C. The van der Waals surface area contributed by atoms with Crippen molar-refractivity contribution in [3.05, 3.63) is 63.7 Å². The molecular weight excluding hydrogens is 350 g/mol. The van der Waals surface area contributed by atoms with Crippen molar-refractivity contribution < 1.29 is 19.2 Å². The van der Waals surface area contributed by atoms with Crippen LogP contribution in [0.2, 0.25) is 0 Å². The van der Waals surface area contributed by atoms with Gasteiger partial charge in [-0.05, 0) is 50.6 Å². The van der Waals surface area contributed by atoms with E-state index in [1.807, 2.05) is 20.8 Å². The Morgan fingerprint density at radius 1 is 1.26 bits per heavy atom. The predicted octanol–water partition coefficient (Wildman–Crippen LogP) is 3.54. The molecule has 0 saturated carbocycles. The van der Waals surface area contributed by atoms with Crippen molar-refractivity contribution in [1.29, 1.82) is 0 Å². The Balaban J connectivity index is 2.09. The lowest BCUT2D eigenvalue weighted by molar-refractivity contribution is -0.384. The Morgan fingerprint density at radius 2 is 2.04 bits per heavy atom. The fourth-order valence-electron chi connectivity index (χ4n) is 2.22. The minimum Gasteiger partial charge on any atom is -0.490 e. The van der Waals surface area contributed by atoms with E-state index in [0.717, 1.165) is 0 Å². The average Bonchev–Trinajstić information content (AvgIpc) is 2.63. The normalized spacial score (nSPS) is 10.8. The highest BCUT2D eigenvalue weighted by molar-refractivity contribution is 5.95. The highest BCUT2D eigenvalue weighted by atomic mass is 16.6. The molecule has 0 aliphatic carbocycles. The third kappa shape index (κ3) is 5.81. The number of carbonyl (C=O) groups is 1. The van der Waals surface area contributed by atoms with Gasteiger partial charge in [0, 0.05) is 17.7 Å². The number of hydrogen-bond acceptors (Lipinski definition) is 6. The maximum atomic E-state index is 12.1. The first-order chi connectivity index (χ1) is 12.9. The smallest absolute Gasteiger partial charge is 0.271 e. The number of nitrogens with zero attached hydrogens (tertiary/aromatic N) is 2. The minimum absolute atomic E-state index is 0.0120.